The first kappa shape index (κ1) is 12.5. The Morgan fingerprint density at radius 2 is 1.92 bits per heavy atom. The fourth-order valence-corrected chi connectivity index (χ4v) is 1.53. The maximum Gasteiger partial charge on any atom is -0.0186 e. The van der Waals surface area contributed by atoms with E-state index in [9.17, 15) is 0 Å². The molecule has 0 heteroatoms. The van der Waals surface area contributed by atoms with E-state index in [1.54, 1.807) is 0 Å². The lowest BCUT2D eigenvalue weighted by Gasteiger charge is -2.12. The molecule has 0 aliphatic rings. The van der Waals surface area contributed by atoms with Crippen LogP contribution in [0.4, 0.5) is 0 Å². The predicted molar refractivity (Wildman–Crippen MR) is 60.8 cm³/mol. The van der Waals surface area contributed by atoms with Gasteiger partial charge in [0, 0.05) is 0 Å². The molecule has 0 heterocycles. The van der Waals surface area contributed by atoms with Crippen molar-refractivity contribution in [3.63, 3.8) is 0 Å². The summed E-state index contributed by atoms with van der Waals surface area (Å²) in [6, 6.07) is 0. The van der Waals surface area contributed by atoms with Crippen LogP contribution in [0.25, 0.3) is 0 Å². The predicted octanol–water partition coefficient (Wildman–Crippen LogP) is 4.57. The van der Waals surface area contributed by atoms with Crippen LogP contribution in [0.2, 0.25) is 0 Å². The van der Waals surface area contributed by atoms with Crippen molar-refractivity contribution in [1.29, 1.82) is 0 Å². The van der Waals surface area contributed by atoms with E-state index < -0.39 is 0 Å². The topological polar surface area (TPSA) is 0 Å². The molecule has 0 saturated carbocycles. The van der Waals surface area contributed by atoms with Crippen LogP contribution >= 0.6 is 0 Å². The van der Waals surface area contributed by atoms with E-state index >= 15 is 0 Å². The first-order valence-corrected chi connectivity index (χ1v) is 5.56. The van der Waals surface area contributed by atoms with Crippen LogP contribution in [-0.2, 0) is 0 Å². The molecule has 0 aromatic rings. The van der Waals surface area contributed by atoms with Crippen molar-refractivity contribution in [2.75, 3.05) is 0 Å². The average Bonchev–Trinajstić information content (AvgIpc) is 2.12. The molecule has 0 aliphatic carbocycles. The molecule has 0 fully saturated rings. The van der Waals surface area contributed by atoms with E-state index in [1.165, 1.54) is 32.1 Å². The molecule has 0 rings (SSSR count). The molecule has 0 N–H and O–H groups in total. The number of hydrogen-bond acceptors (Lipinski definition) is 0. The van der Waals surface area contributed by atoms with Gasteiger partial charge >= 0.3 is 0 Å². The van der Waals surface area contributed by atoms with Gasteiger partial charge in [0.2, 0.25) is 0 Å². The fraction of sp³-hybridized carbons (Fsp3) is 0.769. The molecule has 0 amide bonds. The zero-order chi connectivity index (χ0) is 10.1. The van der Waals surface area contributed by atoms with Crippen LogP contribution in [0.3, 0.4) is 0 Å². The minimum absolute atomic E-state index is 0.654. The summed E-state index contributed by atoms with van der Waals surface area (Å²) in [7, 11) is 0. The van der Waals surface area contributed by atoms with Gasteiger partial charge in [-0.3, -0.25) is 0 Å². The molecular weight excluding hydrogens is 156 g/mol. The van der Waals surface area contributed by atoms with Crippen molar-refractivity contribution >= 4 is 0 Å². The van der Waals surface area contributed by atoms with E-state index in [2.05, 4.69) is 39.2 Å². The van der Waals surface area contributed by atoms with Crippen LogP contribution in [0.1, 0.15) is 52.9 Å². The number of hydrogen-bond donors (Lipinski definition) is 0. The summed E-state index contributed by atoms with van der Waals surface area (Å²) < 4.78 is 0. The first-order valence-electron chi connectivity index (χ1n) is 5.56. The Morgan fingerprint density at radius 1 is 1.23 bits per heavy atom. The van der Waals surface area contributed by atoms with Gasteiger partial charge in [0.05, 0.1) is 0 Å². The number of rotatable bonds is 7. The van der Waals surface area contributed by atoms with Crippen LogP contribution in [0.15, 0.2) is 18.4 Å². The third-order valence-corrected chi connectivity index (χ3v) is 2.57. The molecular formula is C13H24. The lowest BCUT2D eigenvalue weighted by Crippen LogP contribution is -1.98. The Bertz CT molecular complexity index is 151. The van der Waals surface area contributed by atoms with Crippen LogP contribution in [-0.4, -0.2) is 0 Å². The van der Waals surface area contributed by atoms with Gasteiger partial charge in [0.1, 0.15) is 0 Å². The molecule has 76 valence electrons. The summed E-state index contributed by atoms with van der Waals surface area (Å²) in [5.74, 6) is 1.54. The van der Waals surface area contributed by atoms with E-state index in [1.807, 2.05) is 0 Å². The molecule has 0 bridgehead atoms. The van der Waals surface area contributed by atoms with Gasteiger partial charge in [-0.25, -0.2) is 0 Å². The molecule has 0 saturated heterocycles. The standard InChI is InChI=1S/C13H24/c1-5-7-9-13(4)11-10-12(3)8-6-2/h8,12-13H,2,5,7,9-11H2,1,3-4H3. The molecule has 0 aliphatic heterocycles. The molecule has 0 radical (unpaired) electrons. The average molecular weight is 180 g/mol. The Hall–Kier alpha value is -0.480. The lowest BCUT2D eigenvalue weighted by molar-refractivity contribution is 0.431. The highest BCUT2D eigenvalue weighted by atomic mass is 14.1. The van der Waals surface area contributed by atoms with E-state index in [-0.39, 0.29) is 0 Å². The smallest absolute Gasteiger partial charge is 0.0186 e. The van der Waals surface area contributed by atoms with Gasteiger partial charge in [-0.15, -0.1) is 5.73 Å². The lowest BCUT2D eigenvalue weighted by atomic mass is 9.94. The summed E-state index contributed by atoms with van der Waals surface area (Å²) in [5.41, 5.74) is 2.86. The highest BCUT2D eigenvalue weighted by Crippen LogP contribution is 2.17. The quantitative estimate of drug-likeness (QED) is 0.503. The van der Waals surface area contributed by atoms with E-state index in [0.717, 1.165) is 5.92 Å². The monoisotopic (exact) mass is 180 g/mol. The SMILES string of the molecule is C=C=CC(C)CCC(C)CCCC. The summed E-state index contributed by atoms with van der Waals surface area (Å²) in [6.07, 6.45) is 8.81. The van der Waals surface area contributed by atoms with Crippen molar-refractivity contribution < 1.29 is 0 Å². The van der Waals surface area contributed by atoms with Gasteiger partial charge in [0.15, 0.2) is 0 Å². The summed E-state index contributed by atoms with van der Waals surface area (Å²) in [4.78, 5) is 0. The number of unbranched alkanes of at least 4 members (excludes halogenated alkanes) is 1. The maximum atomic E-state index is 3.60. The summed E-state index contributed by atoms with van der Waals surface area (Å²) in [6.45, 7) is 10.5. The molecule has 0 aromatic heterocycles. The van der Waals surface area contributed by atoms with Crippen molar-refractivity contribution in [1.82, 2.24) is 0 Å². The first-order chi connectivity index (χ1) is 6.20. The maximum absolute atomic E-state index is 3.60. The molecule has 0 aromatic carbocycles. The fourth-order valence-electron chi connectivity index (χ4n) is 1.53. The van der Waals surface area contributed by atoms with E-state index in [0.29, 0.717) is 5.92 Å². The third-order valence-electron chi connectivity index (χ3n) is 2.57. The van der Waals surface area contributed by atoms with E-state index in [4.69, 9.17) is 0 Å². The largest absolute Gasteiger partial charge is 0.133 e. The van der Waals surface area contributed by atoms with Gasteiger partial charge in [-0.1, -0.05) is 53.0 Å². The molecule has 2 unspecified atom stereocenters. The van der Waals surface area contributed by atoms with Gasteiger partial charge in [-0.2, -0.15) is 0 Å². The molecule has 0 nitrogen and oxygen atoms in total. The Balaban J connectivity index is 3.45. The zero-order valence-corrected chi connectivity index (χ0v) is 9.47. The minimum Gasteiger partial charge on any atom is -0.133 e. The third kappa shape index (κ3) is 7.87. The molecule has 2 atom stereocenters. The highest BCUT2D eigenvalue weighted by Gasteiger charge is 2.03. The summed E-state index contributed by atoms with van der Waals surface area (Å²) >= 11 is 0. The Kier molecular flexibility index (Phi) is 7.83. The van der Waals surface area contributed by atoms with Gasteiger partial charge in [0.25, 0.3) is 0 Å². The van der Waals surface area contributed by atoms with Crippen molar-refractivity contribution in [3.05, 3.63) is 18.4 Å². The second kappa shape index (κ2) is 8.13. The Morgan fingerprint density at radius 3 is 2.46 bits per heavy atom. The molecule has 13 heavy (non-hydrogen) atoms. The highest BCUT2D eigenvalue weighted by molar-refractivity contribution is 4.81. The van der Waals surface area contributed by atoms with Crippen LogP contribution < -0.4 is 0 Å². The number of allylic oxidation sites excluding steroid dienone is 1. The minimum atomic E-state index is 0.654. The Labute approximate surface area is 83.7 Å². The van der Waals surface area contributed by atoms with Crippen molar-refractivity contribution in [2.24, 2.45) is 11.8 Å². The van der Waals surface area contributed by atoms with Gasteiger partial charge in [-0.05, 0) is 24.3 Å². The normalized spacial score (nSPS) is 14.7. The molecule has 0 spiro atoms. The summed E-state index contributed by atoms with van der Waals surface area (Å²) in [5, 5.41) is 0. The second-order valence-electron chi connectivity index (χ2n) is 4.17. The van der Waals surface area contributed by atoms with Crippen molar-refractivity contribution in [3.8, 4) is 0 Å². The van der Waals surface area contributed by atoms with Crippen LogP contribution in [0.5, 0.6) is 0 Å². The second-order valence-corrected chi connectivity index (χ2v) is 4.17. The van der Waals surface area contributed by atoms with Crippen LogP contribution in [0, 0.1) is 11.8 Å². The zero-order valence-electron chi connectivity index (χ0n) is 9.47. The van der Waals surface area contributed by atoms with Gasteiger partial charge < -0.3 is 0 Å². The van der Waals surface area contributed by atoms with Crippen molar-refractivity contribution in [2.45, 2.75) is 52.9 Å².